The second kappa shape index (κ2) is 7.25. The maximum Gasteiger partial charge on any atom is 0.228 e. The van der Waals surface area contributed by atoms with Crippen molar-refractivity contribution in [2.24, 2.45) is 5.92 Å². The van der Waals surface area contributed by atoms with Crippen LogP contribution in [0.15, 0.2) is 24.3 Å². The number of carbonyl (C=O) groups excluding carboxylic acids is 3. The van der Waals surface area contributed by atoms with E-state index in [1.54, 1.807) is 9.80 Å². The number of rotatable bonds is 3. The summed E-state index contributed by atoms with van der Waals surface area (Å²) in [6.07, 6.45) is 0.565. The molecule has 0 saturated carbocycles. The van der Waals surface area contributed by atoms with Crippen LogP contribution < -0.4 is 10.2 Å². The molecule has 25 heavy (non-hydrogen) atoms. The maximum atomic E-state index is 12.7. The average molecular weight is 343 g/mol. The second-order valence-electron chi connectivity index (χ2n) is 7.08. The minimum Gasteiger partial charge on any atom is -0.354 e. The molecule has 2 aliphatic rings. The highest BCUT2D eigenvalue weighted by molar-refractivity contribution is 6.00. The van der Waals surface area contributed by atoms with Crippen LogP contribution in [0.5, 0.6) is 0 Å². The van der Waals surface area contributed by atoms with Crippen molar-refractivity contribution in [3.8, 4) is 0 Å². The van der Waals surface area contributed by atoms with E-state index in [-0.39, 0.29) is 30.1 Å². The minimum absolute atomic E-state index is 0.0142. The van der Waals surface area contributed by atoms with E-state index in [4.69, 9.17) is 0 Å². The van der Waals surface area contributed by atoms with E-state index in [1.807, 2.05) is 24.3 Å². The van der Waals surface area contributed by atoms with Crippen LogP contribution in [0.3, 0.4) is 0 Å². The molecule has 6 nitrogen and oxygen atoms in total. The number of anilines is 1. The largest absolute Gasteiger partial charge is 0.354 e. The molecule has 0 spiro atoms. The van der Waals surface area contributed by atoms with Gasteiger partial charge in [-0.15, -0.1) is 0 Å². The summed E-state index contributed by atoms with van der Waals surface area (Å²) in [6.45, 7) is 6.09. The van der Waals surface area contributed by atoms with Gasteiger partial charge in [-0.05, 0) is 23.6 Å². The lowest BCUT2D eigenvalue weighted by molar-refractivity contribution is -0.135. The lowest BCUT2D eigenvalue weighted by atomic mass is 10.0. The smallest absolute Gasteiger partial charge is 0.228 e. The minimum atomic E-state index is -0.328. The fraction of sp³-hybridized carbons (Fsp3) is 0.526. The van der Waals surface area contributed by atoms with Gasteiger partial charge in [-0.1, -0.05) is 26.0 Å². The fourth-order valence-electron chi connectivity index (χ4n) is 3.41. The monoisotopic (exact) mass is 343 g/mol. The van der Waals surface area contributed by atoms with E-state index >= 15 is 0 Å². The molecule has 0 aliphatic carbocycles. The highest BCUT2D eigenvalue weighted by Crippen LogP contribution is 2.28. The molecule has 3 amide bonds. The molecule has 0 bridgehead atoms. The van der Waals surface area contributed by atoms with Crippen LogP contribution in [-0.4, -0.2) is 48.8 Å². The van der Waals surface area contributed by atoms with Gasteiger partial charge in [-0.3, -0.25) is 14.4 Å². The molecule has 0 unspecified atom stereocenters. The SMILES string of the molecule is CC(C)c1ccc(N2C[C@H](C(=O)N3CCNC(=O)CC3)CC2=O)cc1. The average Bonchev–Trinajstić information content (AvgIpc) is 2.85. The summed E-state index contributed by atoms with van der Waals surface area (Å²) in [6, 6.07) is 7.98. The summed E-state index contributed by atoms with van der Waals surface area (Å²) in [5, 5.41) is 2.77. The van der Waals surface area contributed by atoms with Crippen LogP contribution in [0.2, 0.25) is 0 Å². The van der Waals surface area contributed by atoms with Crippen molar-refractivity contribution in [3.05, 3.63) is 29.8 Å². The molecule has 2 fully saturated rings. The van der Waals surface area contributed by atoms with Crippen LogP contribution in [0, 0.1) is 5.92 Å². The van der Waals surface area contributed by atoms with Gasteiger partial charge >= 0.3 is 0 Å². The van der Waals surface area contributed by atoms with Crippen molar-refractivity contribution in [1.82, 2.24) is 10.2 Å². The molecular formula is C19H25N3O3. The van der Waals surface area contributed by atoms with Crippen LogP contribution >= 0.6 is 0 Å². The first-order chi connectivity index (χ1) is 12.0. The Hall–Kier alpha value is -2.37. The molecule has 0 radical (unpaired) electrons. The third-order valence-electron chi connectivity index (χ3n) is 4.97. The Bertz CT molecular complexity index is 669. The van der Waals surface area contributed by atoms with Crippen LogP contribution in [0.1, 0.15) is 38.2 Å². The molecular weight excluding hydrogens is 318 g/mol. The molecule has 1 aromatic rings. The number of benzene rings is 1. The predicted molar refractivity (Wildman–Crippen MR) is 95.2 cm³/mol. The lowest BCUT2D eigenvalue weighted by Gasteiger charge is -2.23. The van der Waals surface area contributed by atoms with E-state index in [0.29, 0.717) is 38.5 Å². The van der Waals surface area contributed by atoms with E-state index in [9.17, 15) is 14.4 Å². The fourth-order valence-corrected chi connectivity index (χ4v) is 3.41. The van der Waals surface area contributed by atoms with E-state index in [2.05, 4.69) is 19.2 Å². The number of nitrogens with one attached hydrogen (secondary N) is 1. The van der Waals surface area contributed by atoms with Gasteiger partial charge in [-0.25, -0.2) is 0 Å². The highest BCUT2D eigenvalue weighted by atomic mass is 16.2. The van der Waals surface area contributed by atoms with Gasteiger partial charge in [0.1, 0.15) is 0 Å². The molecule has 1 atom stereocenters. The zero-order valence-electron chi connectivity index (χ0n) is 14.8. The van der Waals surface area contributed by atoms with Gasteiger partial charge in [-0.2, -0.15) is 0 Å². The van der Waals surface area contributed by atoms with Gasteiger partial charge in [0, 0.05) is 44.7 Å². The Kier molecular flexibility index (Phi) is 5.06. The Labute approximate surface area is 148 Å². The maximum absolute atomic E-state index is 12.7. The lowest BCUT2D eigenvalue weighted by Crippen LogP contribution is -2.39. The molecule has 134 valence electrons. The van der Waals surface area contributed by atoms with Gasteiger partial charge in [0.2, 0.25) is 17.7 Å². The number of carbonyl (C=O) groups is 3. The van der Waals surface area contributed by atoms with Crippen molar-refractivity contribution >= 4 is 23.4 Å². The number of amides is 3. The van der Waals surface area contributed by atoms with Gasteiger partial charge in [0.05, 0.1) is 5.92 Å². The van der Waals surface area contributed by atoms with Crippen molar-refractivity contribution in [1.29, 1.82) is 0 Å². The Balaban J connectivity index is 1.67. The Morgan fingerprint density at radius 3 is 2.56 bits per heavy atom. The summed E-state index contributed by atoms with van der Waals surface area (Å²) < 4.78 is 0. The van der Waals surface area contributed by atoms with E-state index in [1.165, 1.54) is 5.56 Å². The third kappa shape index (κ3) is 3.83. The second-order valence-corrected chi connectivity index (χ2v) is 7.08. The van der Waals surface area contributed by atoms with E-state index in [0.717, 1.165) is 5.69 Å². The number of hydrogen-bond donors (Lipinski definition) is 1. The number of nitrogens with zero attached hydrogens (tertiary/aromatic N) is 2. The Morgan fingerprint density at radius 2 is 1.88 bits per heavy atom. The zero-order chi connectivity index (χ0) is 18.0. The molecule has 2 saturated heterocycles. The van der Waals surface area contributed by atoms with Gasteiger partial charge in [0.25, 0.3) is 0 Å². The standard InChI is InChI=1S/C19H25N3O3/c1-13(2)14-3-5-16(6-4-14)22-12-15(11-18(22)24)19(25)21-9-7-17(23)20-8-10-21/h3-6,13,15H,7-12H2,1-2H3,(H,20,23)/t15-/m1/s1. The van der Waals surface area contributed by atoms with Gasteiger partial charge < -0.3 is 15.1 Å². The summed E-state index contributed by atoms with van der Waals surface area (Å²) in [4.78, 5) is 40.0. The molecule has 6 heteroatoms. The third-order valence-corrected chi connectivity index (χ3v) is 4.97. The summed E-state index contributed by atoms with van der Waals surface area (Å²) >= 11 is 0. The molecule has 2 aliphatic heterocycles. The molecule has 1 N–H and O–H groups in total. The quantitative estimate of drug-likeness (QED) is 0.904. The first-order valence-electron chi connectivity index (χ1n) is 8.91. The van der Waals surface area contributed by atoms with Crippen LogP contribution in [0.25, 0.3) is 0 Å². The number of hydrogen-bond acceptors (Lipinski definition) is 3. The predicted octanol–water partition coefficient (Wildman–Crippen LogP) is 1.51. The molecule has 3 rings (SSSR count). The van der Waals surface area contributed by atoms with Crippen molar-refractivity contribution < 1.29 is 14.4 Å². The zero-order valence-corrected chi connectivity index (χ0v) is 14.8. The first kappa shape index (κ1) is 17.5. The van der Waals surface area contributed by atoms with Gasteiger partial charge in [0.15, 0.2) is 0 Å². The summed E-state index contributed by atoms with van der Waals surface area (Å²) in [7, 11) is 0. The highest BCUT2D eigenvalue weighted by Gasteiger charge is 2.37. The van der Waals surface area contributed by atoms with Crippen molar-refractivity contribution in [2.45, 2.75) is 32.6 Å². The first-order valence-corrected chi connectivity index (χ1v) is 8.91. The van der Waals surface area contributed by atoms with Crippen LogP contribution in [0.4, 0.5) is 5.69 Å². The Morgan fingerprint density at radius 1 is 1.16 bits per heavy atom. The normalized spacial score (nSPS) is 21.5. The molecule has 1 aromatic carbocycles. The van der Waals surface area contributed by atoms with E-state index < -0.39 is 0 Å². The summed E-state index contributed by atoms with van der Waals surface area (Å²) in [5.41, 5.74) is 2.07. The van der Waals surface area contributed by atoms with Crippen molar-refractivity contribution in [2.75, 3.05) is 31.1 Å². The summed E-state index contributed by atoms with van der Waals surface area (Å²) in [5.74, 6) is 0.0537. The topological polar surface area (TPSA) is 69.7 Å². The van der Waals surface area contributed by atoms with Crippen molar-refractivity contribution in [3.63, 3.8) is 0 Å². The van der Waals surface area contributed by atoms with Crippen LogP contribution in [-0.2, 0) is 14.4 Å². The molecule has 0 aromatic heterocycles. The molecule has 2 heterocycles.